The quantitative estimate of drug-likeness (QED) is 0.0294. The highest BCUT2D eigenvalue weighted by Crippen LogP contribution is 2.50. The molecule has 39 nitrogen and oxygen atoms in total. The van der Waals surface area contributed by atoms with E-state index in [0.29, 0.717) is 13.0 Å². The number of halogens is 1. The largest absolute Gasteiger partial charge is 0.508 e. The number of aromatic hydroxyl groups is 3. The zero-order chi connectivity index (χ0) is 93.8. The number of nitrogens with two attached hydrogens (primary N) is 4. The minimum absolute atomic E-state index is 0.0149. The third kappa shape index (κ3) is 24.3. The molecule has 0 aromatic heterocycles. The van der Waals surface area contributed by atoms with Crippen molar-refractivity contribution in [3.8, 4) is 57.1 Å². The molecule has 706 valence electrons. The summed E-state index contributed by atoms with van der Waals surface area (Å²) in [4.78, 5) is 136. The van der Waals surface area contributed by atoms with Crippen molar-refractivity contribution in [1.82, 2.24) is 47.9 Å². The first kappa shape index (κ1) is 99.4. The van der Waals surface area contributed by atoms with Crippen LogP contribution >= 0.6 is 11.6 Å². The van der Waals surface area contributed by atoms with Gasteiger partial charge in [0.15, 0.2) is 30.2 Å². The summed E-state index contributed by atoms with van der Waals surface area (Å²) in [6, 6.07) is 1.45. The van der Waals surface area contributed by atoms with Crippen LogP contribution in [0.1, 0.15) is 203 Å². The number of unbranched alkanes of at least 4 members (excludes halogenated alkanes) is 8. The Kier molecular flexibility index (Phi) is 33.7. The summed E-state index contributed by atoms with van der Waals surface area (Å²) in [5, 5.41) is 129. The molecule has 5 aromatic rings. The first-order valence-corrected chi connectivity index (χ1v) is 44.0. The Morgan fingerprint density at radius 1 is 0.628 bits per heavy atom. The Labute approximate surface area is 750 Å². The molecule has 3 fully saturated rings. The third-order valence-electron chi connectivity index (χ3n) is 24.0. The summed E-state index contributed by atoms with van der Waals surface area (Å²) in [6.45, 7) is 11.2. The molecule has 8 aliphatic heterocycles. The van der Waals surface area contributed by atoms with Crippen molar-refractivity contribution in [3.05, 3.63) is 118 Å². The van der Waals surface area contributed by atoms with Gasteiger partial charge in [-0.1, -0.05) is 102 Å². The van der Waals surface area contributed by atoms with Gasteiger partial charge in [0.25, 0.3) is 0 Å². The summed E-state index contributed by atoms with van der Waals surface area (Å²) in [7, 11) is 1.48. The number of amides is 9. The van der Waals surface area contributed by atoms with E-state index in [1.807, 2.05) is 13.8 Å². The number of hydrogen-bond acceptors (Lipinski definition) is 30. The Morgan fingerprint density at radius 2 is 1.22 bits per heavy atom. The van der Waals surface area contributed by atoms with Gasteiger partial charge in [0.05, 0.1) is 54.5 Å². The Bertz CT molecular complexity index is 4820. The van der Waals surface area contributed by atoms with Crippen LogP contribution in [-0.4, -0.2) is 235 Å². The molecule has 0 unspecified atom stereocenters. The molecule has 0 aliphatic carbocycles. The van der Waals surface area contributed by atoms with Gasteiger partial charge in [-0.3, -0.25) is 43.2 Å². The molecule has 40 heteroatoms. The lowest BCUT2D eigenvalue weighted by molar-refractivity contribution is -0.333. The van der Waals surface area contributed by atoms with Gasteiger partial charge in [-0.05, 0) is 155 Å². The minimum atomic E-state index is -2.35. The number of benzene rings is 5. The molecule has 8 heterocycles. The van der Waals surface area contributed by atoms with Crippen LogP contribution in [0, 0.1) is 5.92 Å². The SMILES string of the molecule is CCCCCCCCCCNC(=O)[C@@H](N)CCCCNC(=O)[C@H]1NC(=O)[C@H]2NC(=O)[C@H](NC(=O)[C@@H]3NC(=O)[C@H](CC(N)=O)NC(=O)[C@H](NC(=O)[C@@H](CC(C)C)NC)[C@H](O)c4ccc(c(Cl)c4)Oc4cc3cc(c4O[C@@H]3O[C@H](CO)[C@@H](O)[C@H](O)[C@H]3O[C@H]3C[C@](C)(N)[C@@H](O)[C@H](C)O3)Oc3ccc(cc3)[C@H]2O[C@H]2C[C@](C)(N)[C@@H](O)[C@H](C)O2)c2ccc(O)c(c2)-c2c(O)cc(O)cc21. The minimum Gasteiger partial charge on any atom is -0.508 e. The summed E-state index contributed by atoms with van der Waals surface area (Å²) >= 11 is 7.20. The maximum atomic E-state index is 16.6. The van der Waals surface area contributed by atoms with E-state index in [4.69, 9.17) is 72.4 Å². The molecule has 11 bridgehead atoms. The summed E-state index contributed by atoms with van der Waals surface area (Å²) in [6.07, 6.45) is -13.2. The second-order valence-corrected chi connectivity index (χ2v) is 35.4. The van der Waals surface area contributed by atoms with Crippen molar-refractivity contribution >= 4 is 64.8 Å². The van der Waals surface area contributed by atoms with Crippen LogP contribution in [0.3, 0.4) is 0 Å². The van der Waals surface area contributed by atoms with E-state index in [-0.39, 0.29) is 89.2 Å². The van der Waals surface area contributed by atoms with Gasteiger partial charge < -0.3 is 155 Å². The number of fused-ring (bicyclic) bond motifs is 15. The van der Waals surface area contributed by atoms with Gasteiger partial charge >= 0.3 is 0 Å². The number of carbonyl (C=O) groups excluding carboxylic acids is 9. The average Bonchev–Trinajstić information content (AvgIpc) is 0.765. The maximum Gasteiger partial charge on any atom is 0.248 e. The smallest absolute Gasteiger partial charge is 0.248 e. The number of likely N-dealkylation sites (N-methyl/N-ethyl adjacent to an activating group) is 1. The molecule has 3 saturated heterocycles. The number of rotatable bonds is 30. The molecular formula is C89H122ClN13O26. The van der Waals surface area contributed by atoms with E-state index < -0.39 is 251 Å². The normalized spacial score (nSPS) is 29.4. The van der Waals surface area contributed by atoms with Gasteiger partial charge in [-0.15, -0.1) is 0 Å². The predicted molar refractivity (Wildman–Crippen MR) is 464 cm³/mol. The van der Waals surface area contributed by atoms with Gasteiger partial charge in [-0.25, -0.2) is 0 Å². The van der Waals surface area contributed by atoms with E-state index in [0.717, 1.165) is 87.1 Å². The molecular weight excluding hydrogens is 1700 g/mol. The third-order valence-corrected chi connectivity index (χ3v) is 24.3. The zero-order valence-corrected chi connectivity index (χ0v) is 73.9. The summed E-state index contributed by atoms with van der Waals surface area (Å²) in [5.74, 6) is -14.7. The first-order valence-electron chi connectivity index (χ1n) is 43.6. The van der Waals surface area contributed by atoms with E-state index in [1.54, 1.807) is 0 Å². The predicted octanol–water partition coefficient (Wildman–Crippen LogP) is 2.48. The summed E-state index contributed by atoms with van der Waals surface area (Å²) in [5.41, 5.74) is 20.6. The number of phenolic OH excluding ortho intramolecular Hbond substituents is 3. The number of hydrogen-bond donors (Lipinski definition) is 22. The fraction of sp³-hybridized carbons (Fsp3) is 0.562. The lowest BCUT2D eigenvalue weighted by Gasteiger charge is -2.47. The van der Waals surface area contributed by atoms with Gasteiger partial charge in [0, 0.05) is 54.2 Å². The topological polar surface area (TPSA) is 622 Å². The second kappa shape index (κ2) is 43.7. The van der Waals surface area contributed by atoms with Crippen LogP contribution in [-0.2, 0) is 66.8 Å². The molecule has 13 rings (SSSR count). The van der Waals surface area contributed by atoms with Crippen molar-refractivity contribution in [2.45, 2.75) is 284 Å². The second-order valence-electron chi connectivity index (χ2n) is 35.0. The molecule has 5 aromatic carbocycles. The molecule has 0 radical (unpaired) electrons. The fourth-order valence-electron chi connectivity index (χ4n) is 16.8. The number of nitrogens with one attached hydrogen (secondary N) is 9. The van der Waals surface area contributed by atoms with Crippen molar-refractivity contribution in [3.63, 3.8) is 0 Å². The fourth-order valence-corrected chi connectivity index (χ4v) is 17.0. The van der Waals surface area contributed by atoms with Crippen molar-refractivity contribution in [2.24, 2.45) is 28.9 Å². The Balaban J connectivity index is 1.10. The number of aliphatic hydroxyl groups excluding tert-OH is 6. The van der Waals surface area contributed by atoms with E-state index in [1.165, 1.54) is 84.0 Å². The average molecular weight is 1830 g/mol. The molecule has 0 spiro atoms. The molecule has 9 amide bonds. The summed E-state index contributed by atoms with van der Waals surface area (Å²) < 4.78 is 52.4. The highest BCUT2D eigenvalue weighted by atomic mass is 35.5. The molecule has 0 saturated carbocycles. The van der Waals surface area contributed by atoms with Gasteiger partial charge in [0.2, 0.25) is 65.2 Å². The van der Waals surface area contributed by atoms with Crippen LogP contribution in [0.15, 0.2) is 84.9 Å². The Morgan fingerprint density at radius 3 is 1.85 bits per heavy atom. The number of ether oxygens (including phenoxy) is 8. The van der Waals surface area contributed by atoms with Crippen LogP contribution < -0.4 is 85.0 Å². The monoisotopic (exact) mass is 1820 g/mol. The number of phenols is 3. The molecule has 26 N–H and O–H groups in total. The van der Waals surface area contributed by atoms with Crippen LogP contribution in [0.4, 0.5) is 0 Å². The van der Waals surface area contributed by atoms with E-state index in [9.17, 15) is 60.3 Å². The van der Waals surface area contributed by atoms with Crippen LogP contribution in [0.25, 0.3) is 11.1 Å². The lowest BCUT2D eigenvalue weighted by atomic mass is 9.86. The molecule has 8 aliphatic rings. The number of aliphatic hydroxyl groups is 6. The highest BCUT2D eigenvalue weighted by molar-refractivity contribution is 6.32. The van der Waals surface area contributed by atoms with Crippen molar-refractivity contribution < 1.29 is 127 Å². The Hall–Kier alpha value is -10.2. The van der Waals surface area contributed by atoms with Crippen LogP contribution in [0.2, 0.25) is 5.02 Å². The lowest BCUT2D eigenvalue weighted by Crippen LogP contribution is -2.64. The first-order chi connectivity index (χ1) is 61.2. The van der Waals surface area contributed by atoms with E-state index >= 15 is 28.8 Å². The van der Waals surface area contributed by atoms with Gasteiger partial charge in [-0.2, -0.15) is 0 Å². The van der Waals surface area contributed by atoms with Crippen molar-refractivity contribution in [2.75, 3.05) is 26.7 Å². The number of carbonyl (C=O) groups is 9. The molecule has 23 atom stereocenters. The van der Waals surface area contributed by atoms with Gasteiger partial charge in [0.1, 0.15) is 95.5 Å². The highest BCUT2D eigenvalue weighted by Gasteiger charge is 2.53. The maximum absolute atomic E-state index is 16.6. The van der Waals surface area contributed by atoms with E-state index in [2.05, 4.69) is 54.8 Å². The number of primary amides is 1. The zero-order valence-electron chi connectivity index (χ0n) is 73.2. The standard InChI is InChI=1S/C89H122ClN13O26/c1-9-10-11-12-13-14-15-17-28-96-79(114)53(91)19-16-18-29-97-82(117)68-51-35-48(105)36-57(107)65(51)50-31-45(22-26-56(50)106)66-83(118)103-70(86(121)101-68)74(127-63-38-88(6,93)77(112)42(4)122-63)44-20-24-49(25-21-44)124-59-33-47-34-60(75(59)129-87-76(73(111)72(110)61(40-104)126-87)128-64-39-89(7,94)78(113)43(5)123-64)125-58-27-23-46(32-52(58)90)71(109)69(102-80(115)54(95-8)30-41(2)3)85(120)98-55(37-62(92)108)81(116)99-67(47)84(119)100-66/h20-27,31-36,41-43,53-55,61,63-64,66-74,76-78,87,95,104-107,109-113H,9-19,28-30,37-40,91,93-94H2,1-8H3,(H2,92,108)(H,96,114)(H,97,117)(H,98,120)(H,99,116)(H,100,119)(H,101,121)(H,102,115)(H,103,118)/t42-,43-,53-,54+,55-,61+,63-,64-,66+,67+,68-,69+,70-,71+,72+,73-,74+,76+,77-,78-,87-,88-,89-/m0/s1. The van der Waals surface area contributed by atoms with Crippen molar-refractivity contribution in [1.29, 1.82) is 0 Å². The van der Waals surface area contributed by atoms with Crippen LogP contribution in [0.5, 0.6) is 46.0 Å². The molecule has 129 heavy (non-hydrogen) atoms.